The quantitative estimate of drug-likeness (QED) is 0.342. The highest BCUT2D eigenvalue weighted by Gasteiger charge is 2.25. The van der Waals surface area contributed by atoms with Crippen molar-refractivity contribution in [3.05, 3.63) is 95.7 Å². The van der Waals surface area contributed by atoms with Gasteiger partial charge in [0.05, 0.1) is 27.7 Å². The molecule has 0 aliphatic heterocycles. The van der Waals surface area contributed by atoms with E-state index in [1.165, 1.54) is 0 Å². The van der Waals surface area contributed by atoms with E-state index in [-0.39, 0.29) is 0 Å². The lowest BCUT2D eigenvalue weighted by molar-refractivity contribution is 0.678. The summed E-state index contributed by atoms with van der Waals surface area (Å²) in [5.41, 5.74) is 5.27. The Hall–Kier alpha value is -3.07. The second-order valence-electron chi connectivity index (χ2n) is 7.11. The van der Waals surface area contributed by atoms with Gasteiger partial charge in [-0.2, -0.15) is 5.26 Å². The monoisotopic (exact) mass is 442 g/mol. The molecule has 0 aliphatic carbocycles. The van der Waals surface area contributed by atoms with Gasteiger partial charge in [-0.3, -0.25) is 3.97 Å². The number of thioether (sulfide) groups is 1. The maximum absolute atomic E-state index is 13.9. The van der Waals surface area contributed by atoms with E-state index in [0.717, 1.165) is 43.1 Å². The molecule has 4 rings (SSSR count). The summed E-state index contributed by atoms with van der Waals surface area (Å²) >= 11 is 1.61. The topological polar surface area (TPSA) is 45.8 Å². The number of allylic oxidation sites excluding steroid dienone is 1. The molecule has 31 heavy (non-hydrogen) atoms. The molecule has 0 N–H and O–H groups in total. The number of hydrogen-bond acceptors (Lipinski definition) is 3. The third-order valence-corrected chi connectivity index (χ3v) is 7.51. The van der Waals surface area contributed by atoms with Crippen LogP contribution in [0.25, 0.3) is 26.9 Å². The van der Waals surface area contributed by atoms with Crippen molar-refractivity contribution in [1.29, 1.82) is 5.26 Å². The molecular weight excluding hydrogens is 420 g/mol. The first-order valence-corrected chi connectivity index (χ1v) is 12.3. The van der Waals surface area contributed by atoms with Crippen LogP contribution in [0.15, 0.2) is 83.8 Å². The Morgan fingerprint density at radius 2 is 1.71 bits per heavy atom. The Bertz CT molecular complexity index is 1360. The molecule has 0 bridgehead atoms. The van der Waals surface area contributed by atoms with Crippen LogP contribution in [0.1, 0.15) is 23.7 Å². The van der Waals surface area contributed by atoms with Gasteiger partial charge in [0.15, 0.2) is 11.0 Å². The molecule has 0 saturated heterocycles. The summed E-state index contributed by atoms with van der Waals surface area (Å²) < 4.78 is 15.8. The van der Waals surface area contributed by atoms with Crippen molar-refractivity contribution in [3.8, 4) is 17.2 Å². The second kappa shape index (κ2) is 8.97. The molecular formula is C26H22N2OS2. The van der Waals surface area contributed by atoms with E-state index < -0.39 is 11.0 Å². The zero-order chi connectivity index (χ0) is 22.0. The summed E-state index contributed by atoms with van der Waals surface area (Å²) in [6, 6.07) is 25.7. The molecule has 3 aromatic carbocycles. The average Bonchev–Trinajstić information content (AvgIpc) is 3.14. The van der Waals surface area contributed by atoms with E-state index in [2.05, 4.69) is 6.07 Å². The van der Waals surface area contributed by atoms with E-state index in [9.17, 15) is 9.47 Å². The van der Waals surface area contributed by atoms with Gasteiger partial charge in [0.25, 0.3) is 0 Å². The molecule has 1 aromatic heterocycles. The average molecular weight is 443 g/mol. The molecule has 5 heteroatoms. The number of aromatic nitrogens is 1. The maximum atomic E-state index is 13.9. The van der Waals surface area contributed by atoms with Crippen LogP contribution < -0.4 is 0 Å². The molecule has 0 amide bonds. The van der Waals surface area contributed by atoms with Crippen molar-refractivity contribution in [3.63, 3.8) is 0 Å². The predicted molar refractivity (Wildman–Crippen MR) is 132 cm³/mol. The van der Waals surface area contributed by atoms with Crippen LogP contribution in [-0.4, -0.2) is 14.4 Å². The van der Waals surface area contributed by atoms with E-state index in [1.807, 2.05) is 103 Å². The molecule has 1 unspecified atom stereocenters. The standard InChI is InChI=1S/C26H22N2OS2/c1-4-24(30-3)26-25(21-10-6-5-9-19(21)17-27)22-11-7-8-12-23(22)28(26)31(29)20-15-13-18(2)14-16-20/h4-16H,1-3H3/b24-4-. The lowest BCUT2D eigenvalue weighted by atomic mass is 9.97. The molecule has 4 aromatic rings. The van der Waals surface area contributed by atoms with Gasteiger partial charge in [0, 0.05) is 21.4 Å². The van der Waals surface area contributed by atoms with Crippen LogP contribution >= 0.6 is 11.8 Å². The highest BCUT2D eigenvalue weighted by molar-refractivity contribution is 8.07. The minimum Gasteiger partial charge on any atom is -0.254 e. The Morgan fingerprint density at radius 3 is 2.39 bits per heavy atom. The van der Waals surface area contributed by atoms with Gasteiger partial charge in [0.1, 0.15) is 0 Å². The van der Waals surface area contributed by atoms with E-state index in [1.54, 1.807) is 11.8 Å². The van der Waals surface area contributed by atoms with Gasteiger partial charge in [0.2, 0.25) is 0 Å². The van der Waals surface area contributed by atoms with Crippen LogP contribution in [0.4, 0.5) is 0 Å². The van der Waals surface area contributed by atoms with Crippen LogP contribution in [0.2, 0.25) is 0 Å². The number of nitrogens with zero attached hydrogens (tertiary/aromatic N) is 2. The van der Waals surface area contributed by atoms with Crippen LogP contribution in [0, 0.1) is 18.3 Å². The molecule has 1 heterocycles. The van der Waals surface area contributed by atoms with Crippen LogP contribution in [0.3, 0.4) is 0 Å². The summed E-state index contributed by atoms with van der Waals surface area (Å²) in [6.07, 6.45) is 4.06. The number of rotatable bonds is 5. The van der Waals surface area contributed by atoms with Gasteiger partial charge >= 0.3 is 0 Å². The molecule has 0 fully saturated rings. The van der Waals surface area contributed by atoms with Crippen LogP contribution in [0.5, 0.6) is 0 Å². The Kier molecular flexibility index (Phi) is 6.13. The predicted octanol–water partition coefficient (Wildman–Crippen LogP) is 6.78. The second-order valence-corrected chi connectivity index (χ2v) is 9.29. The maximum Gasteiger partial charge on any atom is 0.157 e. The van der Waals surface area contributed by atoms with Crippen molar-refractivity contribution in [2.75, 3.05) is 6.26 Å². The van der Waals surface area contributed by atoms with Gasteiger partial charge in [-0.25, -0.2) is 4.21 Å². The molecule has 0 radical (unpaired) electrons. The fraction of sp³-hybridized carbons (Fsp3) is 0.115. The van der Waals surface area contributed by atoms with E-state index >= 15 is 0 Å². The third-order valence-electron chi connectivity index (χ3n) is 5.25. The molecule has 154 valence electrons. The number of benzene rings is 3. The zero-order valence-corrected chi connectivity index (χ0v) is 19.3. The van der Waals surface area contributed by atoms with Crippen molar-refractivity contribution in [2.24, 2.45) is 0 Å². The molecule has 1 atom stereocenters. The summed E-state index contributed by atoms with van der Waals surface area (Å²) in [5.74, 6) is 0. The first-order valence-electron chi connectivity index (χ1n) is 9.93. The summed E-state index contributed by atoms with van der Waals surface area (Å²) in [5, 5.41) is 10.8. The Morgan fingerprint density at radius 1 is 1.03 bits per heavy atom. The van der Waals surface area contributed by atoms with Gasteiger partial charge in [-0.05, 0) is 44.4 Å². The van der Waals surface area contributed by atoms with Gasteiger partial charge in [-0.1, -0.05) is 60.2 Å². The number of aryl methyl sites for hydroxylation is 1. The lowest BCUT2D eigenvalue weighted by Gasteiger charge is -2.14. The number of fused-ring (bicyclic) bond motifs is 1. The molecule has 0 spiro atoms. The number of hydrogen-bond donors (Lipinski definition) is 0. The molecule has 0 aliphatic rings. The highest BCUT2D eigenvalue weighted by Crippen LogP contribution is 2.43. The summed E-state index contributed by atoms with van der Waals surface area (Å²) in [7, 11) is -1.45. The van der Waals surface area contributed by atoms with Crippen molar-refractivity contribution < 1.29 is 4.21 Å². The van der Waals surface area contributed by atoms with Crippen molar-refractivity contribution >= 4 is 38.6 Å². The first-order chi connectivity index (χ1) is 15.1. The van der Waals surface area contributed by atoms with Gasteiger partial charge < -0.3 is 0 Å². The Labute approximate surface area is 189 Å². The minimum absolute atomic E-state index is 0.601. The zero-order valence-electron chi connectivity index (χ0n) is 17.6. The fourth-order valence-electron chi connectivity index (χ4n) is 3.79. The SMILES string of the molecule is C/C=C(\SC)c1c(-c2ccccc2C#N)c2ccccc2n1S(=O)c1ccc(C)cc1. The molecule has 3 nitrogen and oxygen atoms in total. The summed E-state index contributed by atoms with van der Waals surface area (Å²) in [6.45, 7) is 4.01. The Balaban J connectivity index is 2.14. The number of nitriles is 1. The number of para-hydroxylation sites is 1. The van der Waals surface area contributed by atoms with E-state index in [4.69, 9.17) is 0 Å². The van der Waals surface area contributed by atoms with Crippen LogP contribution in [-0.2, 0) is 11.0 Å². The summed E-state index contributed by atoms with van der Waals surface area (Å²) in [4.78, 5) is 1.75. The van der Waals surface area contributed by atoms with Crippen molar-refractivity contribution in [2.45, 2.75) is 18.7 Å². The van der Waals surface area contributed by atoms with Crippen molar-refractivity contribution in [1.82, 2.24) is 3.97 Å². The molecule has 0 saturated carbocycles. The highest BCUT2D eigenvalue weighted by atomic mass is 32.2. The van der Waals surface area contributed by atoms with E-state index in [0.29, 0.717) is 5.56 Å². The lowest BCUT2D eigenvalue weighted by Crippen LogP contribution is -2.08. The minimum atomic E-state index is -1.45. The largest absolute Gasteiger partial charge is 0.254 e. The van der Waals surface area contributed by atoms with Gasteiger partial charge in [-0.15, -0.1) is 11.8 Å². The fourth-order valence-corrected chi connectivity index (χ4v) is 5.74. The first kappa shape index (κ1) is 21.2. The normalized spacial score (nSPS) is 12.6. The third kappa shape index (κ3) is 3.74. The smallest absolute Gasteiger partial charge is 0.157 e.